The fourth-order valence-electron chi connectivity index (χ4n) is 3.80. The Labute approximate surface area is 184 Å². The number of aryl methyl sites for hydroxylation is 1. The fourth-order valence-corrected chi connectivity index (χ4v) is 5.30. The van der Waals surface area contributed by atoms with Gasteiger partial charge in [0, 0.05) is 36.8 Å². The van der Waals surface area contributed by atoms with Crippen molar-refractivity contribution in [2.45, 2.75) is 32.2 Å². The first-order valence-electron chi connectivity index (χ1n) is 10.6. The van der Waals surface area contributed by atoms with Crippen LogP contribution in [0.4, 0.5) is 11.5 Å². The highest BCUT2D eigenvalue weighted by molar-refractivity contribution is 7.91. The first kappa shape index (κ1) is 21.6. The number of hydrogen-bond acceptors (Lipinski definition) is 6. The molecule has 0 bridgehead atoms. The van der Waals surface area contributed by atoms with Gasteiger partial charge in [-0.15, -0.1) is 0 Å². The molecule has 1 aliphatic rings. The van der Waals surface area contributed by atoms with Gasteiger partial charge >= 0.3 is 0 Å². The number of anilines is 2. The van der Waals surface area contributed by atoms with Gasteiger partial charge in [-0.25, -0.2) is 13.4 Å². The van der Waals surface area contributed by atoms with Crippen LogP contribution in [0.1, 0.15) is 25.0 Å². The number of nitrogens with zero attached hydrogens (tertiary/aromatic N) is 2. The molecular weight excluding hydrogens is 408 g/mol. The van der Waals surface area contributed by atoms with E-state index in [2.05, 4.69) is 43.1 Å². The van der Waals surface area contributed by atoms with Gasteiger partial charge in [-0.05, 0) is 42.6 Å². The van der Waals surface area contributed by atoms with Crippen LogP contribution in [0.25, 0.3) is 10.9 Å². The number of sulfone groups is 1. The number of nitrogens with two attached hydrogens (primary N) is 1. The minimum atomic E-state index is -3.31. The zero-order valence-electron chi connectivity index (χ0n) is 18.4. The molecule has 0 unspecified atom stereocenters. The third-order valence-electron chi connectivity index (χ3n) is 5.88. The molecule has 0 spiro atoms. The number of nitrogens with one attached hydrogen (secondary N) is 1. The molecule has 1 aliphatic heterocycles. The van der Waals surface area contributed by atoms with Crippen molar-refractivity contribution >= 4 is 32.2 Å². The molecule has 4 rings (SSSR count). The van der Waals surface area contributed by atoms with Crippen LogP contribution in [0.15, 0.2) is 53.4 Å². The lowest BCUT2D eigenvalue weighted by Gasteiger charge is -2.26. The third-order valence-corrected chi connectivity index (χ3v) is 7.67. The molecule has 0 aliphatic carbocycles. The molecule has 2 aromatic carbocycles. The fraction of sp³-hybridized carbons (Fsp3) is 0.375. The summed E-state index contributed by atoms with van der Waals surface area (Å²) in [6.45, 7) is 8.54. The Kier molecular flexibility index (Phi) is 5.66. The summed E-state index contributed by atoms with van der Waals surface area (Å²) in [5, 5.41) is 4.63. The highest BCUT2D eigenvalue weighted by atomic mass is 32.2. The van der Waals surface area contributed by atoms with E-state index in [4.69, 9.17) is 10.7 Å². The second-order valence-corrected chi connectivity index (χ2v) is 11.2. The number of aromatic nitrogens is 1. The summed E-state index contributed by atoms with van der Waals surface area (Å²) in [7, 11) is -3.31. The lowest BCUT2D eigenvalue weighted by molar-refractivity contribution is 0.406. The zero-order valence-corrected chi connectivity index (χ0v) is 19.2. The maximum atomic E-state index is 12.8. The smallest absolute Gasteiger partial charge is 0.180 e. The Bertz CT molecular complexity index is 1220. The van der Waals surface area contributed by atoms with Gasteiger partial charge in [0.25, 0.3) is 0 Å². The van der Waals surface area contributed by atoms with Crippen LogP contribution in [0.3, 0.4) is 0 Å². The van der Waals surface area contributed by atoms with E-state index in [0.29, 0.717) is 24.5 Å². The quantitative estimate of drug-likeness (QED) is 0.631. The molecule has 164 valence electrons. The van der Waals surface area contributed by atoms with Gasteiger partial charge in [-0.2, -0.15) is 0 Å². The molecule has 0 atom stereocenters. The largest absolute Gasteiger partial charge is 0.384 e. The Morgan fingerprint density at radius 1 is 1.16 bits per heavy atom. The molecule has 0 saturated carbocycles. The van der Waals surface area contributed by atoms with Gasteiger partial charge in [0.2, 0.25) is 0 Å². The molecule has 0 fully saturated rings. The van der Waals surface area contributed by atoms with Crippen molar-refractivity contribution in [3.63, 3.8) is 0 Å². The predicted octanol–water partition coefficient (Wildman–Crippen LogP) is 3.73. The first-order valence-corrected chi connectivity index (χ1v) is 12.2. The number of pyridine rings is 1. The molecule has 0 amide bonds. The first-order chi connectivity index (χ1) is 14.7. The highest BCUT2D eigenvalue weighted by Gasteiger charge is 2.26. The molecule has 6 nitrogen and oxygen atoms in total. The van der Waals surface area contributed by atoms with E-state index in [-0.39, 0.29) is 11.2 Å². The summed E-state index contributed by atoms with van der Waals surface area (Å²) in [4.78, 5) is 7.38. The summed E-state index contributed by atoms with van der Waals surface area (Å²) in [6.07, 6.45) is 0. The lowest BCUT2D eigenvalue weighted by atomic mass is 9.93. The SMILES string of the molecule is Cc1ccc2nc(N3CCS(=O)(=O)c4ccccc4C3)cc(NCC(C)(C)CN)c2c1. The predicted molar refractivity (Wildman–Crippen MR) is 127 cm³/mol. The molecule has 2 heterocycles. The maximum absolute atomic E-state index is 12.8. The van der Waals surface area contributed by atoms with Gasteiger partial charge in [0.15, 0.2) is 9.84 Å². The normalized spacial score (nSPS) is 16.1. The topological polar surface area (TPSA) is 88.3 Å². The number of rotatable bonds is 5. The van der Waals surface area contributed by atoms with Crippen molar-refractivity contribution in [2.24, 2.45) is 11.1 Å². The number of benzene rings is 2. The Morgan fingerprint density at radius 3 is 2.71 bits per heavy atom. The van der Waals surface area contributed by atoms with Crippen LogP contribution in [-0.4, -0.2) is 38.8 Å². The van der Waals surface area contributed by atoms with Gasteiger partial charge in [0.1, 0.15) is 5.82 Å². The van der Waals surface area contributed by atoms with Crippen LogP contribution in [0, 0.1) is 12.3 Å². The zero-order chi connectivity index (χ0) is 22.2. The Balaban J connectivity index is 1.77. The van der Waals surface area contributed by atoms with Gasteiger partial charge in [0.05, 0.1) is 16.2 Å². The van der Waals surface area contributed by atoms with E-state index in [9.17, 15) is 8.42 Å². The van der Waals surface area contributed by atoms with Crippen LogP contribution in [0.2, 0.25) is 0 Å². The summed E-state index contributed by atoms with van der Waals surface area (Å²) < 4.78 is 25.5. The minimum Gasteiger partial charge on any atom is -0.384 e. The van der Waals surface area contributed by atoms with E-state index in [1.807, 2.05) is 24.3 Å². The Morgan fingerprint density at radius 2 is 1.94 bits per heavy atom. The highest BCUT2D eigenvalue weighted by Crippen LogP contribution is 2.32. The average Bonchev–Trinajstić information content (AvgIpc) is 2.88. The van der Waals surface area contributed by atoms with Crippen molar-refractivity contribution in [3.8, 4) is 0 Å². The molecule has 1 aromatic heterocycles. The second-order valence-electron chi connectivity index (χ2n) is 9.12. The van der Waals surface area contributed by atoms with Gasteiger partial charge in [-0.3, -0.25) is 0 Å². The van der Waals surface area contributed by atoms with Crippen LogP contribution in [0.5, 0.6) is 0 Å². The summed E-state index contributed by atoms with van der Waals surface area (Å²) in [6, 6.07) is 15.5. The number of fused-ring (bicyclic) bond motifs is 2. The van der Waals surface area contributed by atoms with Crippen LogP contribution >= 0.6 is 0 Å². The third kappa shape index (κ3) is 4.52. The minimum absolute atomic E-state index is 0.0464. The van der Waals surface area contributed by atoms with Gasteiger partial charge < -0.3 is 16.0 Å². The van der Waals surface area contributed by atoms with Crippen LogP contribution in [-0.2, 0) is 16.4 Å². The van der Waals surface area contributed by atoms with Crippen molar-refractivity contribution in [3.05, 3.63) is 59.7 Å². The molecule has 31 heavy (non-hydrogen) atoms. The average molecular weight is 439 g/mol. The van der Waals surface area contributed by atoms with E-state index >= 15 is 0 Å². The van der Waals surface area contributed by atoms with Crippen molar-refractivity contribution in [1.29, 1.82) is 0 Å². The number of hydrogen-bond donors (Lipinski definition) is 2. The monoisotopic (exact) mass is 438 g/mol. The molecule has 3 N–H and O–H groups in total. The standard InChI is InChI=1S/C24H30N4O2S/c1-17-8-9-20-19(12-17)21(26-16-24(2,3)15-25)13-23(27-20)28-10-11-31(29,30)22-7-5-4-6-18(22)14-28/h4-9,12-13H,10-11,14-16,25H2,1-3H3,(H,26,27). The van der Waals surface area contributed by atoms with Crippen molar-refractivity contribution in [1.82, 2.24) is 4.98 Å². The van der Waals surface area contributed by atoms with Crippen LogP contribution < -0.4 is 16.0 Å². The second kappa shape index (κ2) is 8.13. The van der Waals surface area contributed by atoms with E-state index in [1.54, 1.807) is 12.1 Å². The summed E-state index contributed by atoms with van der Waals surface area (Å²) in [5.74, 6) is 0.844. The lowest BCUT2D eigenvalue weighted by Crippen LogP contribution is -2.31. The van der Waals surface area contributed by atoms with Crippen molar-refractivity contribution in [2.75, 3.05) is 35.6 Å². The van der Waals surface area contributed by atoms with Gasteiger partial charge in [-0.1, -0.05) is 43.7 Å². The van der Waals surface area contributed by atoms with Crippen molar-refractivity contribution < 1.29 is 8.42 Å². The van der Waals surface area contributed by atoms with E-state index in [1.165, 1.54) is 0 Å². The summed E-state index contributed by atoms with van der Waals surface area (Å²) >= 11 is 0. The summed E-state index contributed by atoms with van der Waals surface area (Å²) in [5.41, 5.74) is 9.73. The maximum Gasteiger partial charge on any atom is 0.180 e. The molecular formula is C24H30N4O2S. The van der Waals surface area contributed by atoms with E-state index in [0.717, 1.165) is 40.1 Å². The molecule has 3 aromatic rings. The Hall–Kier alpha value is -2.64. The molecule has 7 heteroatoms. The molecule has 0 radical (unpaired) electrons. The van der Waals surface area contributed by atoms with E-state index < -0.39 is 9.84 Å². The molecule has 0 saturated heterocycles.